The van der Waals surface area contributed by atoms with Crippen molar-refractivity contribution in [2.45, 2.75) is 26.9 Å². The molecule has 0 saturated heterocycles. The van der Waals surface area contributed by atoms with E-state index in [4.69, 9.17) is 4.74 Å². The van der Waals surface area contributed by atoms with Crippen molar-refractivity contribution in [3.63, 3.8) is 0 Å². The number of para-hydroxylation sites is 1. The summed E-state index contributed by atoms with van der Waals surface area (Å²) in [5.74, 6) is -0.931. The van der Waals surface area contributed by atoms with Gasteiger partial charge in [0.05, 0.1) is 6.21 Å². The summed E-state index contributed by atoms with van der Waals surface area (Å²) in [6.07, 6.45) is 0.690. The van der Waals surface area contributed by atoms with Crippen LogP contribution in [0.15, 0.2) is 35.4 Å². The number of hydrogen-bond acceptors (Lipinski definition) is 3. The van der Waals surface area contributed by atoms with E-state index in [9.17, 15) is 9.18 Å². The number of carbonyl (C=O) groups excluding carboxylic acids is 1. The Morgan fingerprint density at radius 1 is 1.41 bits per heavy atom. The van der Waals surface area contributed by atoms with E-state index in [2.05, 4.69) is 15.5 Å². The van der Waals surface area contributed by atoms with Gasteiger partial charge in [-0.3, -0.25) is 4.79 Å². The molecule has 2 aromatic rings. The molecule has 0 fully saturated rings. The molecule has 2 N–H and O–H groups in total. The summed E-state index contributed by atoms with van der Waals surface area (Å²) >= 11 is 0. The van der Waals surface area contributed by atoms with Crippen molar-refractivity contribution < 1.29 is 13.9 Å². The van der Waals surface area contributed by atoms with Crippen LogP contribution in [0.5, 0.6) is 5.75 Å². The molecule has 1 amide bonds. The van der Waals surface area contributed by atoms with Crippen molar-refractivity contribution >= 4 is 12.1 Å². The zero-order valence-electron chi connectivity index (χ0n) is 12.7. The van der Waals surface area contributed by atoms with Gasteiger partial charge in [-0.25, -0.2) is 9.82 Å². The van der Waals surface area contributed by atoms with Crippen LogP contribution in [0.2, 0.25) is 0 Å². The molecule has 1 aromatic carbocycles. The molecule has 0 radical (unpaired) electrons. The molecule has 1 atom stereocenters. The maximum Gasteiger partial charge on any atom is 0.280 e. The molecule has 0 aliphatic heterocycles. The first-order valence-electron chi connectivity index (χ1n) is 6.87. The monoisotopic (exact) mass is 303 g/mol. The van der Waals surface area contributed by atoms with Gasteiger partial charge in [0, 0.05) is 17.0 Å². The molecule has 116 valence electrons. The Morgan fingerprint density at radius 2 is 2.14 bits per heavy atom. The summed E-state index contributed by atoms with van der Waals surface area (Å²) in [7, 11) is 0. The normalized spacial score (nSPS) is 12.4. The number of H-pyrrole nitrogens is 1. The van der Waals surface area contributed by atoms with Crippen LogP contribution in [0, 0.1) is 19.7 Å². The summed E-state index contributed by atoms with van der Waals surface area (Å²) in [6, 6.07) is 7.85. The fourth-order valence-electron chi connectivity index (χ4n) is 1.92. The van der Waals surface area contributed by atoms with Crippen molar-refractivity contribution in [1.82, 2.24) is 10.4 Å². The van der Waals surface area contributed by atoms with Gasteiger partial charge in [-0.05, 0) is 39.0 Å². The highest BCUT2D eigenvalue weighted by molar-refractivity contribution is 5.85. The van der Waals surface area contributed by atoms with Crippen LogP contribution in [-0.2, 0) is 4.79 Å². The van der Waals surface area contributed by atoms with E-state index in [1.165, 1.54) is 19.1 Å². The van der Waals surface area contributed by atoms with Crippen molar-refractivity contribution in [3.8, 4) is 5.75 Å². The van der Waals surface area contributed by atoms with Gasteiger partial charge in [0.25, 0.3) is 5.91 Å². The minimum atomic E-state index is -0.858. The summed E-state index contributed by atoms with van der Waals surface area (Å²) in [4.78, 5) is 15.0. The lowest BCUT2D eigenvalue weighted by Gasteiger charge is -2.13. The Hall–Kier alpha value is -2.63. The van der Waals surface area contributed by atoms with Gasteiger partial charge in [0.1, 0.15) is 0 Å². The highest BCUT2D eigenvalue weighted by Gasteiger charge is 2.15. The molecule has 2 rings (SSSR count). The molecule has 0 spiro atoms. The molecule has 6 heteroatoms. The molecule has 1 aromatic heterocycles. The Bertz CT molecular complexity index is 694. The second-order valence-corrected chi connectivity index (χ2v) is 4.96. The number of rotatable bonds is 5. The minimum Gasteiger partial charge on any atom is -0.478 e. The van der Waals surface area contributed by atoms with E-state index >= 15 is 0 Å². The summed E-state index contributed by atoms with van der Waals surface area (Å²) in [5, 5.41) is 3.88. The van der Waals surface area contributed by atoms with Crippen LogP contribution in [0.3, 0.4) is 0 Å². The van der Waals surface area contributed by atoms with Crippen LogP contribution in [-0.4, -0.2) is 23.2 Å². The van der Waals surface area contributed by atoms with Gasteiger partial charge in [0.2, 0.25) is 0 Å². The number of aryl methyl sites for hydroxylation is 2. The minimum absolute atomic E-state index is 0.0335. The predicted molar refractivity (Wildman–Crippen MR) is 82.5 cm³/mol. The molecule has 1 heterocycles. The van der Waals surface area contributed by atoms with Gasteiger partial charge in [-0.1, -0.05) is 12.1 Å². The number of nitrogens with zero attached hydrogens (tertiary/aromatic N) is 1. The maximum absolute atomic E-state index is 13.4. The summed E-state index contributed by atoms with van der Waals surface area (Å²) in [5.41, 5.74) is 5.24. The van der Waals surface area contributed by atoms with Gasteiger partial charge in [-0.2, -0.15) is 5.10 Å². The van der Waals surface area contributed by atoms with Crippen molar-refractivity contribution in [2.24, 2.45) is 5.10 Å². The number of aromatic nitrogens is 1. The van der Waals surface area contributed by atoms with Crippen LogP contribution in [0.4, 0.5) is 4.39 Å². The highest BCUT2D eigenvalue weighted by atomic mass is 19.1. The summed E-state index contributed by atoms with van der Waals surface area (Å²) in [6.45, 7) is 5.39. The Balaban J connectivity index is 1.92. The number of hydrogen-bond donors (Lipinski definition) is 2. The molecule has 0 aliphatic rings. The highest BCUT2D eigenvalue weighted by Crippen LogP contribution is 2.16. The smallest absolute Gasteiger partial charge is 0.280 e. The number of amides is 1. The van der Waals surface area contributed by atoms with Crippen LogP contribution in [0.25, 0.3) is 0 Å². The van der Waals surface area contributed by atoms with Crippen LogP contribution < -0.4 is 10.2 Å². The molecular formula is C16H18FN3O2. The Kier molecular flexibility index (Phi) is 4.93. The fourth-order valence-corrected chi connectivity index (χ4v) is 1.92. The quantitative estimate of drug-likeness (QED) is 0.659. The number of nitrogens with one attached hydrogen (secondary N) is 2. The first-order chi connectivity index (χ1) is 10.5. The SMILES string of the molecule is Cc1cc(/C=N/NC(=O)[C@H](C)Oc2ccccc2F)c(C)[nH]1. The topological polar surface area (TPSA) is 66.5 Å². The first kappa shape index (κ1) is 15.8. The van der Waals surface area contributed by atoms with E-state index in [0.717, 1.165) is 17.0 Å². The third-order valence-corrected chi connectivity index (χ3v) is 3.08. The van der Waals surface area contributed by atoms with Gasteiger partial charge >= 0.3 is 0 Å². The zero-order valence-corrected chi connectivity index (χ0v) is 12.7. The fraction of sp³-hybridized carbons (Fsp3) is 0.250. The predicted octanol–water partition coefficient (Wildman–Crippen LogP) is 2.69. The van der Waals surface area contributed by atoms with E-state index < -0.39 is 17.8 Å². The number of benzene rings is 1. The molecule has 22 heavy (non-hydrogen) atoms. The second-order valence-electron chi connectivity index (χ2n) is 4.96. The standard InChI is InChI=1S/C16H18FN3O2/c1-10-8-13(11(2)19-10)9-18-20-16(21)12(3)22-15-7-5-4-6-14(15)17/h4-9,12,19H,1-3H3,(H,20,21)/b18-9+/t12-/m0/s1. The molecule has 0 saturated carbocycles. The lowest BCUT2D eigenvalue weighted by molar-refractivity contribution is -0.127. The first-order valence-corrected chi connectivity index (χ1v) is 6.87. The lowest BCUT2D eigenvalue weighted by atomic mass is 10.3. The van der Waals surface area contributed by atoms with E-state index in [0.29, 0.717) is 0 Å². The second kappa shape index (κ2) is 6.89. The van der Waals surface area contributed by atoms with Gasteiger partial charge in [-0.15, -0.1) is 0 Å². The van der Waals surface area contributed by atoms with Crippen molar-refractivity contribution in [2.75, 3.05) is 0 Å². The van der Waals surface area contributed by atoms with Gasteiger partial charge < -0.3 is 9.72 Å². The maximum atomic E-state index is 13.4. The largest absolute Gasteiger partial charge is 0.478 e. The number of ether oxygens (including phenoxy) is 1. The Morgan fingerprint density at radius 3 is 2.77 bits per heavy atom. The van der Waals surface area contributed by atoms with Crippen molar-refractivity contribution in [3.05, 3.63) is 53.1 Å². The zero-order chi connectivity index (χ0) is 16.1. The third kappa shape index (κ3) is 3.94. The number of hydrazone groups is 1. The van der Waals surface area contributed by atoms with Crippen LogP contribution in [0.1, 0.15) is 23.9 Å². The Labute approximate surface area is 128 Å². The summed E-state index contributed by atoms with van der Waals surface area (Å²) < 4.78 is 18.7. The van der Waals surface area contributed by atoms with Gasteiger partial charge in [0.15, 0.2) is 17.7 Å². The average Bonchev–Trinajstić information content (AvgIpc) is 2.79. The number of aromatic amines is 1. The lowest BCUT2D eigenvalue weighted by Crippen LogP contribution is -2.33. The number of halogens is 1. The van der Waals surface area contributed by atoms with E-state index in [1.54, 1.807) is 18.3 Å². The molecular weight excluding hydrogens is 285 g/mol. The molecule has 0 unspecified atom stereocenters. The van der Waals surface area contributed by atoms with Crippen molar-refractivity contribution in [1.29, 1.82) is 0 Å². The van der Waals surface area contributed by atoms with E-state index in [-0.39, 0.29) is 5.75 Å². The van der Waals surface area contributed by atoms with E-state index in [1.807, 2.05) is 19.9 Å². The molecule has 0 aliphatic carbocycles. The molecule has 5 nitrogen and oxygen atoms in total. The third-order valence-electron chi connectivity index (χ3n) is 3.08. The van der Waals surface area contributed by atoms with Crippen LogP contribution >= 0.6 is 0 Å². The average molecular weight is 303 g/mol. The number of carbonyl (C=O) groups is 1. The molecule has 0 bridgehead atoms.